The molecule has 0 aliphatic heterocycles. The number of rotatable bonds is 6. The molecule has 0 spiro atoms. The van der Waals surface area contributed by atoms with E-state index in [1.54, 1.807) is 17.5 Å². The van der Waals surface area contributed by atoms with E-state index >= 15 is 0 Å². The number of nitrogens with one attached hydrogen (secondary N) is 1. The SMILES string of the molecule is CCC(N)Cc1sc2c(NCc3ccns3)nc(Cl)nc2c1C. The summed E-state index contributed by atoms with van der Waals surface area (Å²) >= 11 is 9.28. The van der Waals surface area contributed by atoms with Gasteiger partial charge in [-0.1, -0.05) is 6.92 Å². The molecule has 8 heteroatoms. The summed E-state index contributed by atoms with van der Waals surface area (Å²) in [4.78, 5) is 11.2. The quantitative estimate of drug-likeness (QED) is 0.644. The van der Waals surface area contributed by atoms with Gasteiger partial charge in [0.05, 0.1) is 16.8 Å². The number of thiophene rings is 1. The van der Waals surface area contributed by atoms with Crippen LogP contribution >= 0.6 is 34.5 Å². The molecular weight excluding hydrogens is 350 g/mol. The summed E-state index contributed by atoms with van der Waals surface area (Å²) in [5, 5.41) is 3.61. The smallest absolute Gasteiger partial charge is 0.224 e. The van der Waals surface area contributed by atoms with E-state index in [0.717, 1.165) is 39.3 Å². The summed E-state index contributed by atoms with van der Waals surface area (Å²) < 4.78 is 5.14. The number of nitrogens with zero attached hydrogens (tertiary/aromatic N) is 3. The van der Waals surface area contributed by atoms with Crippen molar-refractivity contribution < 1.29 is 0 Å². The Bertz CT molecular complexity index is 800. The Kier molecular flexibility index (Phi) is 5.11. The molecule has 0 amide bonds. The van der Waals surface area contributed by atoms with Gasteiger partial charge in [0, 0.05) is 22.0 Å². The second-order valence-corrected chi connectivity index (χ2v) is 7.73. The van der Waals surface area contributed by atoms with Gasteiger partial charge in [-0.2, -0.15) is 4.98 Å². The molecule has 0 aliphatic carbocycles. The van der Waals surface area contributed by atoms with Crippen molar-refractivity contribution >= 4 is 50.5 Å². The number of hydrogen-bond donors (Lipinski definition) is 2. The standard InChI is InChI=1S/C15H18ClN5S2/c1-3-9(17)6-11-8(2)12-13(22-11)14(21-15(16)20-12)18-7-10-4-5-19-23-10/h4-5,9H,3,6-7,17H2,1-2H3,(H,18,20,21). The lowest BCUT2D eigenvalue weighted by Crippen LogP contribution is -2.21. The van der Waals surface area contributed by atoms with Crippen LogP contribution in [0.5, 0.6) is 0 Å². The molecule has 23 heavy (non-hydrogen) atoms. The maximum absolute atomic E-state index is 6.11. The Morgan fingerprint density at radius 2 is 2.22 bits per heavy atom. The highest BCUT2D eigenvalue weighted by Crippen LogP contribution is 2.35. The third kappa shape index (κ3) is 3.63. The molecule has 1 atom stereocenters. The third-order valence-electron chi connectivity index (χ3n) is 3.73. The first-order valence-corrected chi connectivity index (χ1v) is 9.39. The average molecular weight is 368 g/mol. The predicted molar refractivity (Wildman–Crippen MR) is 98.6 cm³/mol. The van der Waals surface area contributed by atoms with Crippen molar-refractivity contribution in [1.29, 1.82) is 0 Å². The minimum Gasteiger partial charge on any atom is -0.364 e. The Balaban J connectivity index is 1.95. The number of anilines is 1. The molecule has 1 unspecified atom stereocenters. The van der Waals surface area contributed by atoms with Gasteiger partial charge in [-0.25, -0.2) is 9.36 Å². The van der Waals surface area contributed by atoms with Crippen LogP contribution in [-0.2, 0) is 13.0 Å². The maximum atomic E-state index is 6.11. The topological polar surface area (TPSA) is 76.7 Å². The molecule has 3 N–H and O–H groups in total. The Labute approximate surface area is 148 Å². The number of nitrogens with two attached hydrogens (primary N) is 1. The number of aromatic nitrogens is 3. The second-order valence-electron chi connectivity index (χ2n) is 5.37. The molecule has 0 radical (unpaired) electrons. The highest BCUT2D eigenvalue weighted by atomic mass is 35.5. The van der Waals surface area contributed by atoms with Crippen LogP contribution in [0, 0.1) is 6.92 Å². The summed E-state index contributed by atoms with van der Waals surface area (Å²) in [6.45, 7) is 4.85. The Hall–Kier alpha value is -1.28. The van der Waals surface area contributed by atoms with Crippen LogP contribution in [0.1, 0.15) is 28.7 Å². The van der Waals surface area contributed by atoms with Crippen molar-refractivity contribution in [2.75, 3.05) is 5.32 Å². The zero-order chi connectivity index (χ0) is 16.4. The largest absolute Gasteiger partial charge is 0.364 e. The fourth-order valence-electron chi connectivity index (χ4n) is 2.31. The molecule has 3 heterocycles. The minimum atomic E-state index is 0.166. The normalized spacial score (nSPS) is 12.7. The van der Waals surface area contributed by atoms with E-state index < -0.39 is 0 Å². The number of hydrogen-bond acceptors (Lipinski definition) is 7. The molecular formula is C15H18ClN5S2. The highest BCUT2D eigenvalue weighted by Gasteiger charge is 2.17. The van der Waals surface area contributed by atoms with Crippen molar-refractivity contribution in [3.8, 4) is 0 Å². The number of aryl methyl sites for hydroxylation is 1. The summed E-state index contributed by atoms with van der Waals surface area (Å²) in [6, 6.07) is 2.15. The minimum absolute atomic E-state index is 0.166. The van der Waals surface area contributed by atoms with Crippen molar-refractivity contribution in [1.82, 2.24) is 14.3 Å². The zero-order valence-electron chi connectivity index (χ0n) is 13.0. The molecule has 3 aromatic heterocycles. The molecule has 3 rings (SSSR count). The summed E-state index contributed by atoms with van der Waals surface area (Å²) in [5.74, 6) is 0.776. The van der Waals surface area contributed by atoms with Crippen molar-refractivity contribution in [3.63, 3.8) is 0 Å². The van der Waals surface area contributed by atoms with Gasteiger partial charge in [0.25, 0.3) is 0 Å². The monoisotopic (exact) mass is 367 g/mol. The lowest BCUT2D eigenvalue weighted by Gasteiger charge is -2.06. The number of fused-ring (bicyclic) bond motifs is 1. The molecule has 0 aromatic carbocycles. The highest BCUT2D eigenvalue weighted by molar-refractivity contribution is 7.19. The summed E-state index contributed by atoms with van der Waals surface area (Å²) in [5.41, 5.74) is 8.18. The van der Waals surface area contributed by atoms with Gasteiger partial charge >= 0.3 is 0 Å². The van der Waals surface area contributed by atoms with Gasteiger partial charge < -0.3 is 11.1 Å². The van der Waals surface area contributed by atoms with E-state index in [1.807, 2.05) is 6.07 Å². The van der Waals surface area contributed by atoms with Crippen LogP contribution in [0.15, 0.2) is 12.3 Å². The van der Waals surface area contributed by atoms with E-state index in [0.29, 0.717) is 6.54 Å². The predicted octanol–water partition coefficient (Wildman–Crippen LogP) is 4.00. The Morgan fingerprint density at radius 1 is 1.39 bits per heavy atom. The first-order chi connectivity index (χ1) is 11.1. The van der Waals surface area contributed by atoms with Crippen molar-refractivity contribution in [2.24, 2.45) is 5.73 Å². The maximum Gasteiger partial charge on any atom is 0.224 e. The van der Waals surface area contributed by atoms with E-state index in [1.165, 1.54) is 16.4 Å². The van der Waals surface area contributed by atoms with Crippen LogP contribution in [-0.4, -0.2) is 20.4 Å². The first kappa shape index (κ1) is 16.6. The molecule has 0 fully saturated rings. The summed E-state index contributed by atoms with van der Waals surface area (Å²) in [6.07, 6.45) is 3.61. The average Bonchev–Trinajstić information content (AvgIpc) is 3.15. The molecule has 0 saturated heterocycles. The van der Waals surface area contributed by atoms with E-state index in [2.05, 4.69) is 33.5 Å². The van der Waals surface area contributed by atoms with Gasteiger partial charge in [0.1, 0.15) is 5.82 Å². The van der Waals surface area contributed by atoms with Crippen LogP contribution in [0.4, 0.5) is 5.82 Å². The van der Waals surface area contributed by atoms with Gasteiger partial charge in [-0.05, 0) is 54.5 Å². The van der Waals surface area contributed by atoms with Crippen molar-refractivity contribution in [2.45, 2.75) is 39.3 Å². The van der Waals surface area contributed by atoms with Gasteiger partial charge in [0.15, 0.2) is 0 Å². The summed E-state index contributed by atoms with van der Waals surface area (Å²) in [7, 11) is 0. The van der Waals surface area contributed by atoms with E-state index in [-0.39, 0.29) is 11.3 Å². The van der Waals surface area contributed by atoms with Gasteiger partial charge in [0.2, 0.25) is 5.28 Å². The fourth-order valence-corrected chi connectivity index (χ4v) is 4.30. The number of halogens is 1. The van der Waals surface area contributed by atoms with Crippen LogP contribution in [0.3, 0.4) is 0 Å². The van der Waals surface area contributed by atoms with Crippen molar-refractivity contribution in [3.05, 3.63) is 32.9 Å². The second kappa shape index (κ2) is 7.09. The molecule has 0 bridgehead atoms. The first-order valence-electron chi connectivity index (χ1n) is 7.43. The Morgan fingerprint density at radius 3 is 2.91 bits per heavy atom. The zero-order valence-corrected chi connectivity index (χ0v) is 15.4. The van der Waals surface area contributed by atoms with Crippen LogP contribution in [0.25, 0.3) is 10.2 Å². The lowest BCUT2D eigenvalue weighted by molar-refractivity contribution is 0.650. The van der Waals surface area contributed by atoms with Crippen LogP contribution in [0.2, 0.25) is 5.28 Å². The third-order valence-corrected chi connectivity index (χ3v) is 5.95. The fraction of sp³-hybridized carbons (Fsp3) is 0.400. The van der Waals surface area contributed by atoms with Crippen LogP contribution < -0.4 is 11.1 Å². The van der Waals surface area contributed by atoms with Gasteiger partial charge in [-0.15, -0.1) is 11.3 Å². The molecule has 0 aliphatic rings. The van der Waals surface area contributed by atoms with Gasteiger partial charge in [-0.3, -0.25) is 0 Å². The molecule has 122 valence electrons. The van der Waals surface area contributed by atoms with E-state index in [4.69, 9.17) is 17.3 Å². The molecule has 0 saturated carbocycles. The van der Waals surface area contributed by atoms with E-state index in [9.17, 15) is 0 Å². The lowest BCUT2D eigenvalue weighted by atomic mass is 10.1. The molecule has 3 aromatic rings. The molecule has 5 nitrogen and oxygen atoms in total.